The second-order valence-electron chi connectivity index (χ2n) is 5.22. The van der Waals surface area contributed by atoms with E-state index in [4.69, 9.17) is 27.9 Å². The summed E-state index contributed by atoms with van der Waals surface area (Å²) in [6, 6.07) is 5.11. The van der Waals surface area contributed by atoms with E-state index in [-0.39, 0.29) is 24.6 Å². The van der Waals surface area contributed by atoms with Crippen molar-refractivity contribution in [2.75, 3.05) is 19.7 Å². The molecule has 0 saturated carbocycles. The fourth-order valence-electron chi connectivity index (χ4n) is 2.37. The molecule has 4 nitrogen and oxygen atoms in total. The molecule has 1 fully saturated rings. The second kappa shape index (κ2) is 7.99. The molecule has 1 amide bonds. The molecule has 2 rings (SSSR count). The van der Waals surface area contributed by atoms with Gasteiger partial charge < -0.3 is 15.4 Å². The van der Waals surface area contributed by atoms with Gasteiger partial charge in [-0.15, -0.1) is 0 Å². The normalized spacial score (nSPS) is 19.5. The molecule has 0 bridgehead atoms. The Kier molecular flexibility index (Phi) is 6.30. The number of ether oxygens (including phenoxy) is 1. The minimum Gasteiger partial charge on any atom is -0.377 e. The molecule has 1 aliphatic rings. The summed E-state index contributed by atoms with van der Waals surface area (Å²) in [5, 5.41) is 7.17. The molecule has 1 aliphatic heterocycles. The lowest BCUT2D eigenvalue weighted by Gasteiger charge is -2.17. The van der Waals surface area contributed by atoms with Gasteiger partial charge >= 0.3 is 0 Å². The standard InChI is InChI=1S/C15H20Cl2N2O2/c1-10(13-5-4-11(16)7-14(13)17)19-15(20)9-18-8-12-3-2-6-21-12/h4-5,7,10,12,18H,2-3,6,8-9H2,1H3,(H,19,20). The summed E-state index contributed by atoms with van der Waals surface area (Å²) in [6.07, 6.45) is 2.40. The van der Waals surface area contributed by atoms with Crippen molar-refractivity contribution in [3.63, 3.8) is 0 Å². The largest absolute Gasteiger partial charge is 0.377 e. The summed E-state index contributed by atoms with van der Waals surface area (Å²) in [7, 11) is 0. The lowest BCUT2D eigenvalue weighted by atomic mass is 10.1. The maximum Gasteiger partial charge on any atom is 0.234 e. The topological polar surface area (TPSA) is 50.4 Å². The van der Waals surface area contributed by atoms with Crippen LogP contribution in [0.4, 0.5) is 0 Å². The third-order valence-corrected chi connectivity index (χ3v) is 4.05. The molecule has 21 heavy (non-hydrogen) atoms. The van der Waals surface area contributed by atoms with Crippen molar-refractivity contribution < 1.29 is 9.53 Å². The number of hydrogen-bond donors (Lipinski definition) is 2. The van der Waals surface area contributed by atoms with Crippen LogP contribution in [0.3, 0.4) is 0 Å². The van der Waals surface area contributed by atoms with Gasteiger partial charge in [-0.05, 0) is 37.5 Å². The van der Waals surface area contributed by atoms with Gasteiger partial charge in [-0.2, -0.15) is 0 Å². The van der Waals surface area contributed by atoms with Crippen LogP contribution in [-0.4, -0.2) is 31.7 Å². The molecule has 0 radical (unpaired) electrons. The van der Waals surface area contributed by atoms with Crippen LogP contribution >= 0.6 is 23.2 Å². The number of rotatable bonds is 6. The summed E-state index contributed by atoms with van der Waals surface area (Å²) in [5.41, 5.74) is 0.855. The molecule has 0 spiro atoms. The fraction of sp³-hybridized carbons (Fsp3) is 0.533. The van der Waals surface area contributed by atoms with Crippen molar-refractivity contribution in [1.82, 2.24) is 10.6 Å². The van der Waals surface area contributed by atoms with Crippen LogP contribution < -0.4 is 10.6 Å². The smallest absolute Gasteiger partial charge is 0.234 e. The van der Waals surface area contributed by atoms with Crippen molar-refractivity contribution in [1.29, 1.82) is 0 Å². The zero-order valence-corrected chi connectivity index (χ0v) is 13.5. The molecule has 2 atom stereocenters. The lowest BCUT2D eigenvalue weighted by Crippen LogP contribution is -2.38. The first-order valence-corrected chi connectivity index (χ1v) is 7.88. The molecule has 1 saturated heterocycles. The highest BCUT2D eigenvalue weighted by Gasteiger charge is 2.16. The van der Waals surface area contributed by atoms with Crippen LogP contribution in [0.1, 0.15) is 31.4 Å². The maximum absolute atomic E-state index is 11.9. The van der Waals surface area contributed by atoms with Crippen LogP contribution in [0.15, 0.2) is 18.2 Å². The number of carbonyl (C=O) groups is 1. The number of nitrogens with one attached hydrogen (secondary N) is 2. The molecule has 2 N–H and O–H groups in total. The van der Waals surface area contributed by atoms with E-state index in [1.54, 1.807) is 12.1 Å². The van der Waals surface area contributed by atoms with Crippen molar-refractivity contribution >= 4 is 29.1 Å². The molecule has 1 aromatic rings. The van der Waals surface area contributed by atoms with Gasteiger partial charge in [0.1, 0.15) is 0 Å². The lowest BCUT2D eigenvalue weighted by molar-refractivity contribution is -0.120. The number of carbonyl (C=O) groups excluding carboxylic acids is 1. The van der Waals surface area contributed by atoms with Gasteiger partial charge in [0.2, 0.25) is 5.91 Å². The van der Waals surface area contributed by atoms with E-state index in [0.29, 0.717) is 16.6 Å². The first-order valence-electron chi connectivity index (χ1n) is 7.13. The van der Waals surface area contributed by atoms with Crippen molar-refractivity contribution in [3.05, 3.63) is 33.8 Å². The van der Waals surface area contributed by atoms with Gasteiger partial charge in [-0.1, -0.05) is 29.3 Å². The summed E-state index contributed by atoms with van der Waals surface area (Å²) < 4.78 is 5.49. The summed E-state index contributed by atoms with van der Waals surface area (Å²) in [5.74, 6) is -0.0634. The summed E-state index contributed by atoms with van der Waals surface area (Å²) in [6.45, 7) is 3.71. The molecular formula is C15H20Cl2N2O2. The molecule has 2 unspecified atom stereocenters. The van der Waals surface area contributed by atoms with Crippen LogP contribution in [-0.2, 0) is 9.53 Å². The molecule has 6 heteroatoms. The third-order valence-electron chi connectivity index (χ3n) is 3.49. The van der Waals surface area contributed by atoms with Crippen molar-refractivity contribution in [2.24, 2.45) is 0 Å². The maximum atomic E-state index is 11.9. The number of amides is 1. The van der Waals surface area contributed by atoms with Gasteiger partial charge in [0.25, 0.3) is 0 Å². The molecule has 1 heterocycles. The second-order valence-corrected chi connectivity index (χ2v) is 6.06. The molecular weight excluding hydrogens is 311 g/mol. The SMILES string of the molecule is CC(NC(=O)CNCC1CCCO1)c1ccc(Cl)cc1Cl. The summed E-state index contributed by atoms with van der Waals surface area (Å²) in [4.78, 5) is 11.9. The van der Waals surface area contributed by atoms with E-state index >= 15 is 0 Å². The van der Waals surface area contributed by atoms with E-state index < -0.39 is 0 Å². The molecule has 0 aromatic heterocycles. The first kappa shape index (κ1) is 16.6. The Balaban J connectivity index is 1.75. The number of benzene rings is 1. The Morgan fingerprint density at radius 1 is 1.48 bits per heavy atom. The number of hydrogen-bond acceptors (Lipinski definition) is 3. The van der Waals surface area contributed by atoms with E-state index in [1.165, 1.54) is 0 Å². The number of halogens is 2. The van der Waals surface area contributed by atoms with E-state index in [9.17, 15) is 4.79 Å². The monoisotopic (exact) mass is 330 g/mol. The van der Waals surface area contributed by atoms with Crippen LogP contribution in [0.5, 0.6) is 0 Å². The summed E-state index contributed by atoms with van der Waals surface area (Å²) >= 11 is 12.0. The molecule has 116 valence electrons. The Morgan fingerprint density at radius 3 is 2.95 bits per heavy atom. The first-order chi connectivity index (χ1) is 10.1. The average molecular weight is 331 g/mol. The third kappa shape index (κ3) is 5.15. The van der Waals surface area contributed by atoms with Gasteiger partial charge in [0, 0.05) is 23.2 Å². The van der Waals surface area contributed by atoms with Crippen molar-refractivity contribution in [3.8, 4) is 0 Å². The van der Waals surface area contributed by atoms with Gasteiger partial charge in [0.05, 0.1) is 18.7 Å². The fourth-order valence-corrected chi connectivity index (χ4v) is 2.95. The van der Waals surface area contributed by atoms with E-state index in [0.717, 1.165) is 25.0 Å². The van der Waals surface area contributed by atoms with Gasteiger partial charge in [-0.3, -0.25) is 4.79 Å². The Labute approximate surface area is 135 Å². The minimum absolute atomic E-state index is 0.0634. The Bertz CT molecular complexity index is 491. The minimum atomic E-state index is -0.160. The van der Waals surface area contributed by atoms with E-state index in [2.05, 4.69) is 10.6 Å². The predicted octanol–water partition coefficient (Wildman–Crippen LogP) is 2.94. The van der Waals surface area contributed by atoms with Gasteiger partial charge in [0.15, 0.2) is 0 Å². The van der Waals surface area contributed by atoms with Crippen LogP contribution in [0.2, 0.25) is 10.0 Å². The predicted molar refractivity (Wildman–Crippen MR) is 84.9 cm³/mol. The molecule has 1 aromatic carbocycles. The zero-order chi connectivity index (χ0) is 15.2. The Hall–Kier alpha value is -0.810. The van der Waals surface area contributed by atoms with Crippen molar-refractivity contribution in [2.45, 2.75) is 31.9 Å². The van der Waals surface area contributed by atoms with E-state index in [1.807, 2.05) is 13.0 Å². The van der Waals surface area contributed by atoms with Crippen LogP contribution in [0.25, 0.3) is 0 Å². The van der Waals surface area contributed by atoms with Crippen LogP contribution in [0, 0.1) is 0 Å². The highest BCUT2D eigenvalue weighted by molar-refractivity contribution is 6.35. The highest BCUT2D eigenvalue weighted by Crippen LogP contribution is 2.25. The highest BCUT2D eigenvalue weighted by atomic mass is 35.5. The molecule has 0 aliphatic carbocycles. The quantitative estimate of drug-likeness (QED) is 0.843. The Morgan fingerprint density at radius 2 is 2.29 bits per heavy atom. The van der Waals surface area contributed by atoms with Gasteiger partial charge in [-0.25, -0.2) is 0 Å². The average Bonchev–Trinajstić information content (AvgIpc) is 2.91. The zero-order valence-electron chi connectivity index (χ0n) is 12.0.